The highest BCUT2D eigenvalue weighted by molar-refractivity contribution is 6.71. The molecule has 1 aliphatic heterocycles. The number of carboxylic acids is 1. The summed E-state index contributed by atoms with van der Waals surface area (Å²) in [7, 11) is 0. The average molecular weight is 443 g/mol. The minimum Gasteiger partial charge on any atom is -0.505 e. The molecule has 0 fully saturated rings. The molecule has 166 valence electrons. The van der Waals surface area contributed by atoms with Crippen molar-refractivity contribution in [2.75, 3.05) is 10.4 Å². The van der Waals surface area contributed by atoms with Crippen molar-refractivity contribution in [3.8, 4) is 16.9 Å². The smallest absolute Gasteiger partial charge is 0.354 e. The number of phenols is 1. The summed E-state index contributed by atoms with van der Waals surface area (Å²) in [6, 6.07) is 13.5. The van der Waals surface area contributed by atoms with E-state index in [-0.39, 0.29) is 28.7 Å². The van der Waals surface area contributed by atoms with Gasteiger partial charge in [0.15, 0.2) is 5.71 Å². The van der Waals surface area contributed by atoms with Gasteiger partial charge in [-0.25, -0.2) is 9.78 Å². The van der Waals surface area contributed by atoms with Gasteiger partial charge in [0.2, 0.25) is 0 Å². The first-order valence-electron chi connectivity index (χ1n) is 10.1. The zero-order chi connectivity index (χ0) is 23.7. The van der Waals surface area contributed by atoms with Crippen LogP contribution in [-0.4, -0.2) is 38.5 Å². The first kappa shape index (κ1) is 21.7. The Morgan fingerprint density at radius 3 is 2.58 bits per heavy atom. The number of amides is 1. The number of hydrazone groups is 2. The van der Waals surface area contributed by atoms with Gasteiger partial charge in [0.25, 0.3) is 0 Å². The van der Waals surface area contributed by atoms with Gasteiger partial charge in [0.1, 0.15) is 11.4 Å². The van der Waals surface area contributed by atoms with Crippen molar-refractivity contribution in [2.45, 2.75) is 20.8 Å². The number of carbonyl (C=O) groups excluding carboxylic acids is 1. The largest absolute Gasteiger partial charge is 0.505 e. The van der Waals surface area contributed by atoms with E-state index in [1.165, 1.54) is 17.3 Å². The number of carbonyl (C=O) groups is 2. The van der Waals surface area contributed by atoms with Gasteiger partial charge in [-0.2, -0.15) is 15.2 Å². The predicted octanol–water partition coefficient (Wildman–Crippen LogP) is 3.96. The Balaban J connectivity index is 1.61. The SMILES string of the molecule is CC1=NN(c2ccc(C)c(C)c2)C(=O)C1=NNc1cccc(-c2ccnc(C(=O)O)c2)c1O. The van der Waals surface area contributed by atoms with E-state index in [4.69, 9.17) is 5.11 Å². The number of anilines is 2. The first-order valence-corrected chi connectivity index (χ1v) is 10.1. The van der Waals surface area contributed by atoms with Crippen molar-refractivity contribution in [2.24, 2.45) is 10.2 Å². The molecular weight excluding hydrogens is 422 g/mol. The molecule has 0 bridgehead atoms. The molecule has 4 rings (SSSR count). The number of aryl methyl sites for hydroxylation is 2. The number of carboxylic acid groups (broad SMARTS) is 1. The second-order valence-electron chi connectivity index (χ2n) is 7.58. The summed E-state index contributed by atoms with van der Waals surface area (Å²) < 4.78 is 0. The summed E-state index contributed by atoms with van der Waals surface area (Å²) in [5.74, 6) is -1.70. The molecule has 0 radical (unpaired) electrons. The van der Waals surface area contributed by atoms with Crippen molar-refractivity contribution in [3.05, 3.63) is 71.5 Å². The number of aromatic carboxylic acids is 1. The first-order chi connectivity index (χ1) is 15.8. The molecule has 9 heteroatoms. The average Bonchev–Trinajstić information content (AvgIpc) is 3.08. The van der Waals surface area contributed by atoms with Gasteiger partial charge in [-0.05, 0) is 67.8 Å². The van der Waals surface area contributed by atoms with Crippen LogP contribution >= 0.6 is 0 Å². The van der Waals surface area contributed by atoms with Crippen LogP contribution in [0.25, 0.3) is 11.1 Å². The summed E-state index contributed by atoms with van der Waals surface area (Å²) in [6.45, 7) is 5.63. The number of para-hydroxylation sites is 1. The molecule has 33 heavy (non-hydrogen) atoms. The van der Waals surface area contributed by atoms with Crippen LogP contribution in [-0.2, 0) is 4.79 Å². The zero-order valence-corrected chi connectivity index (χ0v) is 18.2. The van der Waals surface area contributed by atoms with Crippen LogP contribution in [0.4, 0.5) is 11.4 Å². The zero-order valence-electron chi connectivity index (χ0n) is 18.2. The number of rotatable bonds is 5. The molecule has 3 aromatic rings. The van der Waals surface area contributed by atoms with E-state index in [0.717, 1.165) is 11.1 Å². The van der Waals surface area contributed by atoms with Gasteiger partial charge in [0.05, 0.1) is 17.1 Å². The summed E-state index contributed by atoms with van der Waals surface area (Å²) in [5.41, 5.74) is 7.07. The quantitative estimate of drug-likeness (QED) is 0.405. The molecule has 1 aromatic heterocycles. The fourth-order valence-electron chi connectivity index (χ4n) is 3.36. The third-order valence-electron chi connectivity index (χ3n) is 5.34. The third kappa shape index (κ3) is 4.16. The van der Waals surface area contributed by atoms with Gasteiger partial charge in [-0.15, -0.1) is 0 Å². The molecule has 0 unspecified atom stereocenters. The number of hydrogen-bond acceptors (Lipinski definition) is 7. The lowest BCUT2D eigenvalue weighted by atomic mass is 10.0. The highest BCUT2D eigenvalue weighted by Crippen LogP contribution is 2.35. The normalized spacial score (nSPS) is 14.5. The second kappa shape index (κ2) is 8.54. The van der Waals surface area contributed by atoms with E-state index < -0.39 is 5.97 Å². The Morgan fingerprint density at radius 2 is 1.85 bits per heavy atom. The van der Waals surface area contributed by atoms with Crippen molar-refractivity contribution in [1.82, 2.24) is 4.98 Å². The standard InChI is InChI=1S/C24H21N5O4/c1-13-7-8-17(11-14(13)2)29-23(31)21(15(3)28-29)27-26-19-6-4-5-18(22(19)30)16-9-10-25-20(12-16)24(32)33/h4-12,26,30H,1-3H3,(H,32,33). The predicted molar refractivity (Wildman–Crippen MR) is 126 cm³/mol. The van der Waals surface area contributed by atoms with Gasteiger partial charge in [-0.1, -0.05) is 18.2 Å². The number of pyridine rings is 1. The Labute approximate surface area is 189 Å². The number of nitrogens with zero attached hydrogens (tertiary/aromatic N) is 4. The summed E-state index contributed by atoms with van der Waals surface area (Å²) in [6.07, 6.45) is 1.36. The van der Waals surface area contributed by atoms with Crippen LogP contribution in [0.1, 0.15) is 28.5 Å². The van der Waals surface area contributed by atoms with Crippen LogP contribution in [0.5, 0.6) is 5.75 Å². The monoisotopic (exact) mass is 443 g/mol. The third-order valence-corrected chi connectivity index (χ3v) is 5.34. The number of phenolic OH excluding ortho intramolecular Hbond substituents is 1. The van der Waals surface area contributed by atoms with E-state index in [2.05, 4.69) is 20.6 Å². The number of hydrogen-bond donors (Lipinski definition) is 3. The molecule has 0 aliphatic carbocycles. The van der Waals surface area contributed by atoms with E-state index in [9.17, 15) is 14.7 Å². The summed E-state index contributed by atoms with van der Waals surface area (Å²) in [4.78, 5) is 27.9. The summed E-state index contributed by atoms with van der Waals surface area (Å²) >= 11 is 0. The van der Waals surface area contributed by atoms with Crippen LogP contribution in [0.3, 0.4) is 0 Å². The van der Waals surface area contributed by atoms with Crippen molar-refractivity contribution >= 4 is 34.7 Å². The van der Waals surface area contributed by atoms with Crippen LogP contribution < -0.4 is 10.4 Å². The minimum absolute atomic E-state index is 0.120. The maximum Gasteiger partial charge on any atom is 0.354 e. The molecule has 2 heterocycles. The Kier molecular flexibility index (Phi) is 5.61. The molecule has 1 amide bonds. The molecule has 3 N–H and O–H groups in total. The van der Waals surface area contributed by atoms with Gasteiger partial charge in [0, 0.05) is 11.8 Å². The highest BCUT2D eigenvalue weighted by Gasteiger charge is 2.31. The topological polar surface area (TPSA) is 127 Å². The number of aromatic nitrogens is 1. The Morgan fingerprint density at radius 1 is 1.06 bits per heavy atom. The maximum atomic E-state index is 12.9. The van der Waals surface area contributed by atoms with E-state index in [0.29, 0.717) is 22.5 Å². The van der Waals surface area contributed by atoms with E-state index >= 15 is 0 Å². The maximum absolute atomic E-state index is 12.9. The minimum atomic E-state index is -1.17. The van der Waals surface area contributed by atoms with Gasteiger partial charge >= 0.3 is 11.9 Å². The Bertz CT molecular complexity index is 1350. The summed E-state index contributed by atoms with van der Waals surface area (Å²) in [5, 5.41) is 29.7. The van der Waals surface area contributed by atoms with Crippen molar-refractivity contribution in [1.29, 1.82) is 0 Å². The van der Waals surface area contributed by atoms with Crippen molar-refractivity contribution < 1.29 is 19.8 Å². The van der Waals surface area contributed by atoms with Crippen LogP contribution in [0.2, 0.25) is 0 Å². The van der Waals surface area contributed by atoms with E-state index in [1.54, 1.807) is 31.2 Å². The Hall–Kier alpha value is -4.53. The molecule has 0 spiro atoms. The molecule has 9 nitrogen and oxygen atoms in total. The van der Waals surface area contributed by atoms with Crippen LogP contribution in [0, 0.1) is 13.8 Å². The highest BCUT2D eigenvalue weighted by atomic mass is 16.4. The van der Waals surface area contributed by atoms with E-state index in [1.807, 2.05) is 32.0 Å². The lowest BCUT2D eigenvalue weighted by molar-refractivity contribution is -0.112. The fraction of sp³-hybridized carbons (Fsp3) is 0.125. The molecular formula is C24H21N5O4. The number of benzene rings is 2. The van der Waals surface area contributed by atoms with Gasteiger partial charge < -0.3 is 10.2 Å². The second-order valence-corrected chi connectivity index (χ2v) is 7.58. The molecule has 0 saturated carbocycles. The van der Waals surface area contributed by atoms with Gasteiger partial charge in [-0.3, -0.25) is 10.2 Å². The lowest BCUT2D eigenvalue weighted by Gasteiger charge is -2.13. The molecule has 1 aliphatic rings. The molecule has 2 aromatic carbocycles. The lowest BCUT2D eigenvalue weighted by Crippen LogP contribution is -2.28. The number of aromatic hydroxyl groups is 1. The molecule has 0 atom stereocenters. The number of nitrogens with one attached hydrogen (secondary N) is 1. The molecule has 0 saturated heterocycles. The van der Waals surface area contributed by atoms with Crippen LogP contribution in [0.15, 0.2) is 64.9 Å². The van der Waals surface area contributed by atoms with Crippen molar-refractivity contribution in [3.63, 3.8) is 0 Å². The fourth-order valence-corrected chi connectivity index (χ4v) is 3.36.